The van der Waals surface area contributed by atoms with E-state index >= 15 is 0 Å². The monoisotopic (exact) mass is 388 g/mol. The van der Waals surface area contributed by atoms with E-state index in [0.29, 0.717) is 35.7 Å². The Bertz CT molecular complexity index is 960. The Kier molecular flexibility index (Phi) is 5.43. The van der Waals surface area contributed by atoms with E-state index in [1.807, 2.05) is 13.0 Å². The molecule has 1 aromatic heterocycles. The largest absolute Gasteiger partial charge is 0.416 e. The molecule has 1 aromatic carbocycles. The van der Waals surface area contributed by atoms with Crippen LogP contribution in [0.1, 0.15) is 23.9 Å². The van der Waals surface area contributed by atoms with E-state index in [2.05, 4.69) is 25.3 Å². The fourth-order valence-corrected chi connectivity index (χ4v) is 2.43. The average Bonchev–Trinajstić information content (AvgIpc) is 3.04. The lowest BCUT2D eigenvalue weighted by molar-refractivity contribution is -0.137. The van der Waals surface area contributed by atoms with Crippen molar-refractivity contribution < 1.29 is 13.2 Å². The third kappa shape index (κ3) is 4.93. The molecule has 0 saturated heterocycles. The van der Waals surface area contributed by atoms with Crippen molar-refractivity contribution in [2.75, 3.05) is 30.9 Å². The molecule has 28 heavy (non-hydrogen) atoms. The van der Waals surface area contributed by atoms with Gasteiger partial charge in [0.2, 0.25) is 11.9 Å². The quantitative estimate of drug-likeness (QED) is 0.861. The van der Waals surface area contributed by atoms with E-state index in [0.717, 1.165) is 17.7 Å². The number of rotatable bonds is 4. The van der Waals surface area contributed by atoms with Crippen LogP contribution in [0.4, 0.5) is 25.1 Å². The van der Waals surface area contributed by atoms with Crippen LogP contribution in [0.3, 0.4) is 0 Å². The number of anilines is 2. The van der Waals surface area contributed by atoms with Crippen LogP contribution < -0.4 is 10.2 Å². The van der Waals surface area contributed by atoms with Gasteiger partial charge in [0.25, 0.3) is 0 Å². The van der Waals surface area contributed by atoms with Crippen LogP contribution in [0.25, 0.3) is 12.2 Å². The van der Waals surface area contributed by atoms with Crippen LogP contribution in [0.2, 0.25) is 0 Å². The van der Waals surface area contributed by atoms with Gasteiger partial charge in [-0.15, -0.1) is 0 Å². The van der Waals surface area contributed by atoms with Crippen molar-refractivity contribution >= 4 is 29.9 Å². The van der Waals surface area contributed by atoms with Crippen LogP contribution >= 0.6 is 0 Å². The number of hydrogen-bond donors (Lipinski definition) is 1. The maximum Gasteiger partial charge on any atom is 0.416 e. The molecule has 0 saturated carbocycles. The first-order valence-corrected chi connectivity index (χ1v) is 8.48. The number of hydrogen-bond acceptors (Lipinski definition) is 6. The first kappa shape index (κ1) is 19.5. The van der Waals surface area contributed by atoms with Gasteiger partial charge in [0.1, 0.15) is 5.84 Å². The lowest BCUT2D eigenvalue weighted by Crippen LogP contribution is -2.17. The molecule has 2 heterocycles. The topological polar surface area (TPSA) is 66.3 Å². The Balaban J connectivity index is 1.88. The minimum absolute atomic E-state index is 0.312. The van der Waals surface area contributed by atoms with Crippen LogP contribution in [-0.4, -0.2) is 41.4 Å². The number of alkyl halides is 3. The molecule has 0 spiro atoms. The summed E-state index contributed by atoms with van der Waals surface area (Å²) in [7, 11) is 3.58. The van der Waals surface area contributed by atoms with Crippen LogP contribution in [0, 0.1) is 0 Å². The van der Waals surface area contributed by atoms with Gasteiger partial charge in [-0.3, -0.25) is 4.99 Å². The third-order valence-electron chi connectivity index (χ3n) is 3.80. The van der Waals surface area contributed by atoms with Gasteiger partial charge in [0.05, 0.1) is 12.1 Å². The van der Waals surface area contributed by atoms with Crippen LogP contribution in [0.5, 0.6) is 0 Å². The van der Waals surface area contributed by atoms with Gasteiger partial charge in [-0.1, -0.05) is 18.2 Å². The van der Waals surface area contributed by atoms with Gasteiger partial charge in [-0.2, -0.15) is 28.1 Å². The summed E-state index contributed by atoms with van der Waals surface area (Å²) in [6, 6.07) is 5.05. The molecule has 146 valence electrons. The molecular weight excluding hydrogens is 369 g/mol. The summed E-state index contributed by atoms with van der Waals surface area (Å²) >= 11 is 0. The highest BCUT2D eigenvalue weighted by Gasteiger charge is 2.30. The SMILES string of the molecule is CC1=CC(Nc2nc(/C=C/c3cccc(C(F)(F)F)c3)nc(N(C)C)n2)=NC1. The molecule has 3 rings (SSSR count). The summed E-state index contributed by atoms with van der Waals surface area (Å²) in [5.41, 5.74) is 0.812. The second kappa shape index (κ2) is 7.79. The van der Waals surface area contributed by atoms with Gasteiger partial charge in [0, 0.05) is 14.1 Å². The molecule has 9 heteroatoms. The first-order chi connectivity index (χ1) is 13.2. The molecule has 0 amide bonds. The third-order valence-corrected chi connectivity index (χ3v) is 3.80. The van der Waals surface area contributed by atoms with Crippen LogP contribution in [0.15, 0.2) is 40.9 Å². The van der Waals surface area contributed by atoms with Crippen molar-refractivity contribution in [2.45, 2.75) is 13.1 Å². The number of nitrogens with zero attached hydrogens (tertiary/aromatic N) is 5. The summed E-state index contributed by atoms with van der Waals surface area (Å²) in [6.45, 7) is 2.59. The van der Waals surface area contributed by atoms with Crippen molar-refractivity contribution in [3.05, 3.63) is 52.9 Å². The molecule has 0 aliphatic carbocycles. The van der Waals surface area contributed by atoms with Crippen molar-refractivity contribution in [3.63, 3.8) is 0 Å². The molecule has 0 atom stereocenters. The molecule has 1 aliphatic rings. The number of nitrogens with one attached hydrogen (secondary N) is 1. The molecule has 2 aromatic rings. The fraction of sp³-hybridized carbons (Fsp3) is 0.263. The Morgan fingerprint density at radius 3 is 2.54 bits per heavy atom. The van der Waals surface area contributed by atoms with Gasteiger partial charge in [0.15, 0.2) is 5.82 Å². The van der Waals surface area contributed by atoms with Crippen molar-refractivity contribution in [3.8, 4) is 0 Å². The van der Waals surface area contributed by atoms with Crippen LogP contribution in [-0.2, 0) is 6.18 Å². The summed E-state index contributed by atoms with van der Waals surface area (Å²) in [5, 5.41) is 3.04. The summed E-state index contributed by atoms with van der Waals surface area (Å²) < 4.78 is 38.6. The molecule has 0 unspecified atom stereocenters. The molecular formula is C19H19F3N6. The molecule has 6 nitrogen and oxygen atoms in total. The zero-order chi connectivity index (χ0) is 20.3. The maximum atomic E-state index is 12.9. The normalized spacial score (nSPS) is 14.2. The number of benzene rings is 1. The highest BCUT2D eigenvalue weighted by molar-refractivity contribution is 6.04. The lowest BCUT2D eigenvalue weighted by Gasteiger charge is -2.12. The summed E-state index contributed by atoms with van der Waals surface area (Å²) in [5.74, 6) is 1.70. The van der Waals surface area contributed by atoms with E-state index in [-0.39, 0.29) is 0 Å². The Labute approximate surface area is 160 Å². The fourth-order valence-electron chi connectivity index (χ4n) is 2.43. The predicted octanol–water partition coefficient (Wildman–Crippen LogP) is 3.90. The van der Waals surface area contributed by atoms with E-state index in [1.165, 1.54) is 12.1 Å². The number of amidine groups is 1. The molecule has 0 bridgehead atoms. The Morgan fingerprint density at radius 1 is 1.11 bits per heavy atom. The zero-order valence-corrected chi connectivity index (χ0v) is 15.6. The van der Waals surface area contributed by atoms with Gasteiger partial charge in [-0.05, 0) is 42.3 Å². The smallest absolute Gasteiger partial charge is 0.347 e. The molecule has 0 fully saturated rings. The van der Waals surface area contributed by atoms with Crippen molar-refractivity contribution in [1.82, 2.24) is 15.0 Å². The number of aromatic nitrogens is 3. The Hall–Kier alpha value is -3.23. The number of halogens is 3. The van der Waals surface area contributed by atoms with Gasteiger partial charge in [-0.25, -0.2) is 0 Å². The summed E-state index contributed by atoms with van der Waals surface area (Å²) in [6.07, 6.45) is 0.592. The highest BCUT2D eigenvalue weighted by Crippen LogP contribution is 2.29. The van der Waals surface area contributed by atoms with E-state index in [9.17, 15) is 13.2 Å². The molecule has 1 N–H and O–H groups in total. The molecule has 0 radical (unpaired) electrons. The second-order valence-electron chi connectivity index (χ2n) is 6.49. The van der Waals surface area contributed by atoms with Crippen molar-refractivity contribution in [2.24, 2.45) is 4.99 Å². The second-order valence-corrected chi connectivity index (χ2v) is 6.49. The standard InChI is InChI=1S/C19H19F3N6/c1-12-9-16(23-11-12)25-17-24-15(26-18(27-17)28(2)3)8-7-13-5-4-6-14(10-13)19(20,21)22/h4-10H,11H2,1-3H3,(H,23,24,25,26,27)/b8-7+. The first-order valence-electron chi connectivity index (χ1n) is 8.48. The summed E-state index contributed by atoms with van der Waals surface area (Å²) in [4.78, 5) is 19.0. The molecule has 1 aliphatic heterocycles. The van der Waals surface area contributed by atoms with Crippen molar-refractivity contribution in [1.29, 1.82) is 0 Å². The minimum Gasteiger partial charge on any atom is -0.347 e. The van der Waals surface area contributed by atoms with Gasteiger partial charge < -0.3 is 10.2 Å². The average molecular weight is 388 g/mol. The Morgan fingerprint density at radius 2 is 1.89 bits per heavy atom. The highest BCUT2D eigenvalue weighted by atomic mass is 19.4. The predicted molar refractivity (Wildman–Crippen MR) is 104 cm³/mol. The zero-order valence-electron chi connectivity index (χ0n) is 15.6. The van der Waals surface area contributed by atoms with E-state index in [4.69, 9.17) is 0 Å². The van der Waals surface area contributed by atoms with E-state index in [1.54, 1.807) is 31.1 Å². The number of aliphatic imine (C=N–C) groups is 1. The van der Waals surface area contributed by atoms with E-state index < -0.39 is 11.7 Å². The minimum atomic E-state index is -4.39. The lowest BCUT2D eigenvalue weighted by atomic mass is 10.1. The van der Waals surface area contributed by atoms with Gasteiger partial charge >= 0.3 is 6.18 Å². The maximum absolute atomic E-state index is 12.9.